The highest BCUT2D eigenvalue weighted by atomic mass is 32.1. The summed E-state index contributed by atoms with van der Waals surface area (Å²) >= 11 is 1.82. The van der Waals surface area contributed by atoms with Crippen molar-refractivity contribution in [1.82, 2.24) is 14.7 Å². The Labute approximate surface area is 130 Å². The van der Waals surface area contributed by atoms with E-state index in [1.807, 2.05) is 16.2 Å². The van der Waals surface area contributed by atoms with Gasteiger partial charge in [0.1, 0.15) is 0 Å². The van der Waals surface area contributed by atoms with Crippen molar-refractivity contribution in [3.05, 3.63) is 22.4 Å². The molecule has 2 fully saturated rings. The molecule has 2 saturated heterocycles. The molecular weight excluding hydrogens is 286 g/mol. The standard InChI is InChI=1S/C15H23N3O2S/c19-15(18-7-9-20-10-8-18)13-17-5-3-16(4-6-17)12-14-2-1-11-21-14/h1-2,11H,3-10,12-13H2. The lowest BCUT2D eigenvalue weighted by Crippen LogP contribution is -2.51. The zero-order valence-corrected chi connectivity index (χ0v) is 13.2. The molecule has 1 amide bonds. The molecule has 0 unspecified atom stereocenters. The lowest BCUT2D eigenvalue weighted by atomic mass is 10.3. The van der Waals surface area contributed by atoms with E-state index in [-0.39, 0.29) is 5.91 Å². The molecule has 0 aromatic carbocycles. The number of thiophene rings is 1. The molecule has 6 heteroatoms. The molecule has 2 aliphatic heterocycles. The van der Waals surface area contributed by atoms with Gasteiger partial charge in [0.25, 0.3) is 0 Å². The minimum Gasteiger partial charge on any atom is -0.378 e. The Kier molecular flexibility index (Phi) is 5.24. The van der Waals surface area contributed by atoms with Crippen LogP contribution in [0.3, 0.4) is 0 Å². The Hall–Kier alpha value is -0.950. The van der Waals surface area contributed by atoms with Crippen molar-refractivity contribution < 1.29 is 9.53 Å². The van der Waals surface area contributed by atoms with Crippen LogP contribution in [-0.4, -0.2) is 79.6 Å². The first-order chi connectivity index (χ1) is 10.3. The van der Waals surface area contributed by atoms with Crippen molar-refractivity contribution in [1.29, 1.82) is 0 Å². The van der Waals surface area contributed by atoms with Gasteiger partial charge in [-0.1, -0.05) is 6.07 Å². The fourth-order valence-electron chi connectivity index (χ4n) is 2.83. The number of nitrogens with zero attached hydrogens (tertiary/aromatic N) is 3. The summed E-state index contributed by atoms with van der Waals surface area (Å²) in [7, 11) is 0. The first-order valence-corrected chi connectivity index (χ1v) is 8.52. The zero-order chi connectivity index (χ0) is 14.5. The van der Waals surface area contributed by atoms with Crippen LogP contribution in [0.25, 0.3) is 0 Å². The van der Waals surface area contributed by atoms with Gasteiger partial charge in [-0.05, 0) is 11.4 Å². The number of carbonyl (C=O) groups excluding carboxylic acids is 1. The minimum absolute atomic E-state index is 0.255. The van der Waals surface area contributed by atoms with E-state index in [9.17, 15) is 4.79 Å². The number of morpholine rings is 1. The van der Waals surface area contributed by atoms with E-state index in [1.54, 1.807) is 0 Å². The highest BCUT2D eigenvalue weighted by Crippen LogP contribution is 2.13. The fraction of sp³-hybridized carbons (Fsp3) is 0.667. The van der Waals surface area contributed by atoms with Crippen LogP contribution < -0.4 is 0 Å². The number of carbonyl (C=O) groups is 1. The van der Waals surface area contributed by atoms with Crippen LogP contribution in [-0.2, 0) is 16.1 Å². The second-order valence-electron chi connectivity index (χ2n) is 5.62. The molecule has 0 N–H and O–H groups in total. The molecule has 1 aromatic rings. The third-order valence-corrected chi connectivity index (χ3v) is 5.01. The van der Waals surface area contributed by atoms with Gasteiger partial charge in [0.05, 0.1) is 19.8 Å². The maximum absolute atomic E-state index is 12.2. The molecule has 1 aromatic heterocycles. The van der Waals surface area contributed by atoms with Gasteiger partial charge in [0.15, 0.2) is 0 Å². The number of amides is 1. The van der Waals surface area contributed by atoms with Gasteiger partial charge in [0, 0.05) is 50.7 Å². The SMILES string of the molecule is O=C(CN1CCN(Cc2cccs2)CC1)N1CCOCC1. The summed E-state index contributed by atoms with van der Waals surface area (Å²) < 4.78 is 5.29. The predicted molar refractivity (Wildman–Crippen MR) is 83.4 cm³/mol. The average molecular weight is 309 g/mol. The normalized spacial score (nSPS) is 21.6. The molecule has 3 heterocycles. The van der Waals surface area contributed by atoms with Gasteiger partial charge in [-0.3, -0.25) is 14.6 Å². The van der Waals surface area contributed by atoms with Gasteiger partial charge in [-0.2, -0.15) is 0 Å². The van der Waals surface area contributed by atoms with Gasteiger partial charge in [-0.25, -0.2) is 0 Å². The van der Waals surface area contributed by atoms with Crippen molar-refractivity contribution >= 4 is 17.2 Å². The third-order valence-electron chi connectivity index (χ3n) is 4.15. The third kappa shape index (κ3) is 4.26. The van der Waals surface area contributed by atoms with Crippen LogP contribution in [0.15, 0.2) is 17.5 Å². The molecule has 0 saturated carbocycles. The summed E-state index contributed by atoms with van der Waals surface area (Å²) in [6.45, 7) is 8.54. The Morgan fingerprint density at radius 3 is 2.48 bits per heavy atom. The Bertz CT molecular complexity index is 438. The molecule has 0 spiro atoms. The summed E-state index contributed by atoms with van der Waals surface area (Å²) in [4.78, 5) is 20.3. The Balaban J connectivity index is 1.40. The van der Waals surface area contributed by atoms with E-state index in [1.165, 1.54) is 4.88 Å². The quantitative estimate of drug-likeness (QED) is 0.821. The lowest BCUT2D eigenvalue weighted by molar-refractivity contribution is -0.136. The molecule has 5 nitrogen and oxygen atoms in total. The topological polar surface area (TPSA) is 36.0 Å². The van der Waals surface area contributed by atoms with Crippen molar-refractivity contribution in [2.75, 3.05) is 59.0 Å². The summed E-state index contributed by atoms with van der Waals surface area (Å²) in [5.74, 6) is 0.255. The second kappa shape index (κ2) is 7.35. The first-order valence-electron chi connectivity index (χ1n) is 7.64. The van der Waals surface area contributed by atoms with Crippen molar-refractivity contribution in [2.24, 2.45) is 0 Å². The second-order valence-corrected chi connectivity index (χ2v) is 6.66. The van der Waals surface area contributed by atoms with E-state index in [0.717, 1.165) is 45.8 Å². The Morgan fingerprint density at radius 1 is 1.10 bits per heavy atom. The summed E-state index contributed by atoms with van der Waals surface area (Å²) in [5.41, 5.74) is 0. The summed E-state index contributed by atoms with van der Waals surface area (Å²) in [6, 6.07) is 4.30. The zero-order valence-electron chi connectivity index (χ0n) is 12.4. The van der Waals surface area contributed by atoms with Gasteiger partial charge >= 0.3 is 0 Å². The first kappa shape index (κ1) is 15.0. The highest BCUT2D eigenvalue weighted by molar-refractivity contribution is 7.09. The maximum Gasteiger partial charge on any atom is 0.236 e. The highest BCUT2D eigenvalue weighted by Gasteiger charge is 2.22. The Morgan fingerprint density at radius 2 is 1.81 bits per heavy atom. The van der Waals surface area contributed by atoms with Crippen LogP contribution in [0.2, 0.25) is 0 Å². The monoisotopic (exact) mass is 309 g/mol. The van der Waals surface area contributed by atoms with Crippen LogP contribution in [0.4, 0.5) is 0 Å². The predicted octanol–water partition coefficient (Wildman–Crippen LogP) is 0.724. The largest absolute Gasteiger partial charge is 0.378 e. The number of hydrogen-bond donors (Lipinski definition) is 0. The van der Waals surface area contributed by atoms with E-state index in [4.69, 9.17) is 4.74 Å². The van der Waals surface area contributed by atoms with Crippen molar-refractivity contribution in [2.45, 2.75) is 6.54 Å². The molecule has 21 heavy (non-hydrogen) atoms. The molecule has 0 atom stereocenters. The van der Waals surface area contributed by atoms with Gasteiger partial charge in [0.2, 0.25) is 5.91 Å². The van der Waals surface area contributed by atoms with Crippen molar-refractivity contribution in [3.63, 3.8) is 0 Å². The molecule has 116 valence electrons. The molecule has 0 bridgehead atoms. The van der Waals surface area contributed by atoms with Crippen LogP contribution in [0.5, 0.6) is 0 Å². The van der Waals surface area contributed by atoms with Crippen LogP contribution in [0, 0.1) is 0 Å². The lowest BCUT2D eigenvalue weighted by Gasteiger charge is -2.35. The van der Waals surface area contributed by atoms with Crippen LogP contribution in [0.1, 0.15) is 4.88 Å². The number of hydrogen-bond acceptors (Lipinski definition) is 5. The van der Waals surface area contributed by atoms with Gasteiger partial charge in [-0.15, -0.1) is 11.3 Å². The maximum atomic E-state index is 12.2. The van der Waals surface area contributed by atoms with E-state index in [0.29, 0.717) is 19.8 Å². The average Bonchev–Trinajstić information content (AvgIpc) is 3.03. The number of piperazine rings is 1. The number of ether oxygens (including phenoxy) is 1. The van der Waals surface area contributed by atoms with E-state index in [2.05, 4.69) is 27.3 Å². The minimum atomic E-state index is 0.255. The fourth-order valence-corrected chi connectivity index (χ4v) is 3.58. The number of rotatable bonds is 4. The molecule has 3 rings (SSSR count). The molecule has 2 aliphatic rings. The summed E-state index contributed by atoms with van der Waals surface area (Å²) in [5, 5.41) is 2.13. The molecular formula is C15H23N3O2S. The van der Waals surface area contributed by atoms with Gasteiger partial charge < -0.3 is 9.64 Å². The molecule has 0 aliphatic carbocycles. The molecule has 0 radical (unpaired) electrons. The summed E-state index contributed by atoms with van der Waals surface area (Å²) in [6.07, 6.45) is 0. The van der Waals surface area contributed by atoms with E-state index < -0.39 is 0 Å². The van der Waals surface area contributed by atoms with E-state index >= 15 is 0 Å². The van der Waals surface area contributed by atoms with Crippen LogP contribution >= 0.6 is 11.3 Å². The van der Waals surface area contributed by atoms with Crippen molar-refractivity contribution in [3.8, 4) is 0 Å². The smallest absolute Gasteiger partial charge is 0.236 e.